The predicted octanol–water partition coefficient (Wildman–Crippen LogP) is 2.86. The van der Waals surface area contributed by atoms with Crippen LogP contribution in [-0.4, -0.2) is 66.5 Å². The van der Waals surface area contributed by atoms with Gasteiger partial charge in [0, 0.05) is 42.4 Å². The Labute approximate surface area is 265 Å². The number of hydrogen-bond donors (Lipinski definition) is 5. The van der Waals surface area contributed by atoms with Crippen LogP contribution in [0.25, 0.3) is 0 Å². The zero-order valence-corrected chi connectivity index (χ0v) is 27.0. The summed E-state index contributed by atoms with van der Waals surface area (Å²) in [6.07, 6.45) is 1.10. The van der Waals surface area contributed by atoms with E-state index in [1.165, 1.54) is 0 Å². The van der Waals surface area contributed by atoms with Crippen molar-refractivity contribution in [3.8, 4) is 0 Å². The molecule has 0 bridgehead atoms. The second-order valence-corrected chi connectivity index (χ2v) is 11.5. The third-order valence-corrected chi connectivity index (χ3v) is 7.55. The van der Waals surface area contributed by atoms with Crippen LogP contribution in [0.15, 0.2) is 59.1 Å². The van der Waals surface area contributed by atoms with Crippen molar-refractivity contribution in [2.75, 3.05) is 19.6 Å². The van der Waals surface area contributed by atoms with Gasteiger partial charge in [0.2, 0.25) is 11.8 Å². The van der Waals surface area contributed by atoms with Gasteiger partial charge >= 0.3 is 0 Å². The lowest BCUT2D eigenvalue weighted by molar-refractivity contribution is -0.130. The van der Waals surface area contributed by atoms with E-state index in [1.54, 1.807) is 31.2 Å². The highest BCUT2D eigenvalue weighted by Crippen LogP contribution is 2.13. The average molecular weight is 619 g/mol. The molecule has 242 valence electrons. The molecule has 0 spiro atoms. The third kappa shape index (κ3) is 10.6. The minimum atomic E-state index is -0.651. The van der Waals surface area contributed by atoms with E-state index < -0.39 is 12.1 Å². The van der Waals surface area contributed by atoms with Gasteiger partial charge in [0.05, 0.1) is 11.7 Å². The average Bonchev–Trinajstić information content (AvgIpc) is 3.34. The molecule has 1 heterocycles. The van der Waals surface area contributed by atoms with Crippen molar-refractivity contribution in [2.24, 2.45) is 5.92 Å². The van der Waals surface area contributed by atoms with Crippen molar-refractivity contribution in [2.45, 2.75) is 72.5 Å². The standard InChI is InChI=1S/C34H46N6O5/c1-7-35-34(44)30(21(2)3)39-31(41)23(5)37-20-28(18-25-12-9-8-10-13-25)38-33(43)27-15-11-14-26(19-27)32(42)36-17-16-29-22(4)40-45-24(29)6/h8-15,19,21,23,28,30,37H,7,16-18,20H2,1-6H3,(H,35,44)(H,36,42)(H,38,43)(H,39,41)/t23-,28-,30-/m0/s1. The van der Waals surface area contributed by atoms with Crippen LogP contribution in [0.5, 0.6) is 0 Å². The maximum atomic E-state index is 13.4. The summed E-state index contributed by atoms with van der Waals surface area (Å²) in [6, 6.07) is 14.7. The van der Waals surface area contributed by atoms with Crippen molar-refractivity contribution in [3.63, 3.8) is 0 Å². The molecule has 2 aromatic carbocycles. The summed E-state index contributed by atoms with van der Waals surface area (Å²) in [4.78, 5) is 51.7. The third-order valence-electron chi connectivity index (χ3n) is 7.55. The summed E-state index contributed by atoms with van der Waals surface area (Å²) in [6.45, 7) is 12.2. The molecule has 45 heavy (non-hydrogen) atoms. The summed E-state index contributed by atoms with van der Waals surface area (Å²) in [7, 11) is 0. The molecule has 5 N–H and O–H groups in total. The van der Waals surface area contributed by atoms with E-state index in [4.69, 9.17) is 4.52 Å². The molecule has 0 saturated heterocycles. The summed E-state index contributed by atoms with van der Waals surface area (Å²) < 4.78 is 5.18. The maximum absolute atomic E-state index is 13.4. The molecule has 11 heteroatoms. The molecule has 4 amide bonds. The summed E-state index contributed by atoms with van der Waals surface area (Å²) in [5, 5.41) is 18.7. The van der Waals surface area contributed by atoms with Gasteiger partial charge in [-0.15, -0.1) is 0 Å². The molecule has 3 atom stereocenters. The van der Waals surface area contributed by atoms with Crippen molar-refractivity contribution >= 4 is 23.6 Å². The number of likely N-dealkylation sites (N-methyl/N-ethyl adjacent to an activating group) is 1. The quantitative estimate of drug-likeness (QED) is 0.165. The normalized spacial score (nSPS) is 13.0. The number of benzene rings is 2. The van der Waals surface area contributed by atoms with Crippen molar-refractivity contribution in [3.05, 3.63) is 88.3 Å². The van der Waals surface area contributed by atoms with E-state index in [0.29, 0.717) is 43.6 Å². The zero-order valence-electron chi connectivity index (χ0n) is 27.0. The van der Waals surface area contributed by atoms with Gasteiger partial charge in [-0.05, 0) is 70.2 Å². The predicted molar refractivity (Wildman–Crippen MR) is 173 cm³/mol. The summed E-state index contributed by atoms with van der Waals surface area (Å²) in [5.41, 5.74) is 3.50. The fourth-order valence-electron chi connectivity index (χ4n) is 4.91. The smallest absolute Gasteiger partial charge is 0.251 e. The van der Waals surface area contributed by atoms with Crippen molar-refractivity contribution < 1.29 is 23.7 Å². The van der Waals surface area contributed by atoms with Crippen LogP contribution in [0, 0.1) is 19.8 Å². The molecule has 3 rings (SSSR count). The number of carbonyl (C=O) groups is 4. The molecule has 0 saturated carbocycles. The Morgan fingerprint density at radius 2 is 1.53 bits per heavy atom. The number of aryl methyl sites for hydroxylation is 2. The summed E-state index contributed by atoms with van der Waals surface area (Å²) >= 11 is 0. The van der Waals surface area contributed by atoms with Gasteiger partial charge in [-0.1, -0.05) is 55.4 Å². The number of amides is 4. The Morgan fingerprint density at radius 3 is 2.16 bits per heavy atom. The first-order valence-corrected chi connectivity index (χ1v) is 15.5. The molecule has 0 fully saturated rings. The Bertz CT molecular complexity index is 1420. The monoisotopic (exact) mass is 618 g/mol. The molecular formula is C34H46N6O5. The van der Waals surface area contributed by atoms with E-state index >= 15 is 0 Å². The number of carbonyl (C=O) groups excluding carboxylic acids is 4. The lowest BCUT2D eigenvalue weighted by atomic mass is 10.0. The number of nitrogens with one attached hydrogen (secondary N) is 5. The topological polar surface area (TPSA) is 154 Å². The van der Waals surface area contributed by atoms with E-state index in [1.807, 2.05) is 65.0 Å². The highest BCUT2D eigenvalue weighted by molar-refractivity contribution is 5.99. The van der Waals surface area contributed by atoms with E-state index in [0.717, 1.165) is 22.6 Å². The van der Waals surface area contributed by atoms with Gasteiger partial charge < -0.3 is 31.1 Å². The van der Waals surface area contributed by atoms with E-state index in [9.17, 15) is 19.2 Å². The molecule has 0 aliphatic heterocycles. The molecular weight excluding hydrogens is 572 g/mol. The lowest BCUT2D eigenvalue weighted by Crippen LogP contribution is -2.55. The molecule has 0 unspecified atom stereocenters. The number of nitrogens with zero attached hydrogens (tertiary/aromatic N) is 1. The Morgan fingerprint density at radius 1 is 0.844 bits per heavy atom. The fraction of sp³-hybridized carbons (Fsp3) is 0.441. The first-order chi connectivity index (χ1) is 21.5. The maximum Gasteiger partial charge on any atom is 0.251 e. The fourth-order valence-corrected chi connectivity index (χ4v) is 4.91. The van der Waals surface area contributed by atoms with E-state index in [2.05, 4.69) is 31.7 Å². The van der Waals surface area contributed by atoms with Gasteiger partial charge in [0.1, 0.15) is 11.8 Å². The number of aromatic nitrogens is 1. The highest BCUT2D eigenvalue weighted by Gasteiger charge is 2.26. The van der Waals surface area contributed by atoms with Crippen LogP contribution in [0.3, 0.4) is 0 Å². The largest absolute Gasteiger partial charge is 0.361 e. The van der Waals surface area contributed by atoms with Crippen LogP contribution in [0.4, 0.5) is 0 Å². The van der Waals surface area contributed by atoms with Gasteiger partial charge in [-0.3, -0.25) is 19.2 Å². The zero-order chi connectivity index (χ0) is 32.9. The van der Waals surface area contributed by atoms with Crippen molar-refractivity contribution in [1.82, 2.24) is 31.7 Å². The Hall–Kier alpha value is -4.51. The Balaban J connectivity index is 1.64. The molecule has 3 aromatic rings. The second kappa shape index (κ2) is 17.1. The van der Waals surface area contributed by atoms with Gasteiger partial charge in [0.15, 0.2) is 0 Å². The molecule has 1 aromatic heterocycles. The highest BCUT2D eigenvalue weighted by atomic mass is 16.5. The second-order valence-electron chi connectivity index (χ2n) is 11.5. The lowest BCUT2D eigenvalue weighted by Gasteiger charge is -2.25. The summed E-state index contributed by atoms with van der Waals surface area (Å²) in [5.74, 6) is -0.509. The van der Waals surface area contributed by atoms with Gasteiger partial charge in [0.25, 0.3) is 11.8 Å². The van der Waals surface area contributed by atoms with Crippen LogP contribution in [-0.2, 0) is 22.4 Å². The molecule has 0 aliphatic carbocycles. The van der Waals surface area contributed by atoms with Crippen LogP contribution >= 0.6 is 0 Å². The number of rotatable bonds is 16. The van der Waals surface area contributed by atoms with Crippen LogP contribution < -0.4 is 26.6 Å². The van der Waals surface area contributed by atoms with Crippen LogP contribution in [0.2, 0.25) is 0 Å². The molecule has 0 aliphatic rings. The van der Waals surface area contributed by atoms with Crippen molar-refractivity contribution in [1.29, 1.82) is 0 Å². The van der Waals surface area contributed by atoms with Gasteiger partial charge in [-0.2, -0.15) is 0 Å². The minimum absolute atomic E-state index is 0.0854. The Kier molecular flexibility index (Phi) is 13.3. The number of hydrogen-bond acceptors (Lipinski definition) is 7. The molecule has 11 nitrogen and oxygen atoms in total. The van der Waals surface area contributed by atoms with Crippen LogP contribution in [0.1, 0.15) is 71.0 Å². The van der Waals surface area contributed by atoms with Gasteiger partial charge in [-0.25, -0.2) is 0 Å². The molecule has 0 radical (unpaired) electrons. The first-order valence-electron chi connectivity index (χ1n) is 15.5. The first kappa shape index (κ1) is 35.0. The van der Waals surface area contributed by atoms with E-state index in [-0.39, 0.29) is 35.6 Å². The minimum Gasteiger partial charge on any atom is -0.361 e. The SMILES string of the molecule is CCNC(=O)[C@@H](NC(=O)[C@H](C)NC[C@H](Cc1ccccc1)NC(=O)c1cccc(C(=O)NCCc2c(C)noc2C)c1)C(C)C.